The van der Waals surface area contributed by atoms with Crippen LogP contribution < -0.4 is 0 Å². The summed E-state index contributed by atoms with van der Waals surface area (Å²) in [5.74, 6) is 0. The highest BCUT2D eigenvalue weighted by atomic mass is 15.3. The van der Waals surface area contributed by atoms with E-state index >= 15 is 0 Å². The molecule has 0 aliphatic carbocycles. The van der Waals surface area contributed by atoms with Crippen molar-refractivity contribution in [3.05, 3.63) is 67.0 Å². The van der Waals surface area contributed by atoms with Gasteiger partial charge in [-0.25, -0.2) is 4.68 Å². The van der Waals surface area contributed by atoms with Crippen LogP contribution in [0.3, 0.4) is 0 Å². The van der Waals surface area contributed by atoms with Crippen molar-refractivity contribution in [2.45, 2.75) is 83.1 Å². The third kappa shape index (κ3) is 2.96. The molecule has 0 saturated carbocycles. The topological polar surface area (TPSA) is 17.8 Å². The minimum atomic E-state index is 1.11. The molecule has 0 unspecified atom stereocenters. The zero-order valence-corrected chi connectivity index (χ0v) is 20.4. The molecule has 0 bridgehead atoms. The van der Waals surface area contributed by atoms with Gasteiger partial charge in [-0.2, -0.15) is 5.10 Å². The quantitative estimate of drug-likeness (QED) is 0.452. The third-order valence-corrected chi connectivity index (χ3v) is 7.70. The maximum absolute atomic E-state index is 4.88. The largest absolute Gasteiger partial charge is 0.237 e. The smallest absolute Gasteiger partial charge is 0.0712 e. The summed E-state index contributed by atoms with van der Waals surface area (Å²) in [4.78, 5) is 0. The zero-order valence-electron chi connectivity index (χ0n) is 20.4. The zero-order chi connectivity index (χ0) is 21.9. The molecule has 2 heteroatoms. The maximum Gasteiger partial charge on any atom is 0.0712 e. The SMILES string of the molecule is Cc1nn(-c2c(C)c(C)c(-c3c(C)c(C)c(C)c(C)c3C)c(C)c2C)c(C)c1C. The Hall–Kier alpha value is -2.35. The first kappa shape index (κ1) is 21.4. The van der Waals surface area contributed by atoms with Gasteiger partial charge in [-0.1, -0.05) is 0 Å². The van der Waals surface area contributed by atoms with Gasteiger partial charge in [-0.05, 0) is 150 Å². The fourth-order valence-corrected chi connectivity index (χ4v) is 4.80. The van der Waals surface area contributed by atoms with Gasteiger partial charge in [0, 0.05) is 5.69 Å². The van der Waals surface area contributed by atoms with Crippen molar-refractivity contribution in [3.8, 4) is 16.8 Å². The van der Waals surface area contributed by atoms with E-state index in [1.807, 2.05) is 0 Å². The molecule has 29 heavy (non-hydrogen) atoms. The molecule has 0 radical (unpaired) electrons. The molecule has 0 amide bonds. The maximum atomic E-state index is 4.88. The van der Waals surface area contributed by atoms with Crippen LogP contribution in [0, 0.1) is 83.1 Å². The molecule has 154 valence electrons. The molecule has 3 aromatic rings. The van der Waals surface area contributed by atoms with Crippen LogP contribution in [0.5, 0.6) is 0 Å². The highest BCUT2D eigenvalue weighted by molar-refractivity contribution is 5.82. The van der Waals surface area contributed by atoms with Crippen LogP contribution >= 0.6 is 0 Å². The highest BCUT2D eigenvalue weighted by Gasteiger charge is 2.23. The van der Waals surface area contributed by atoms with Crippen LogP contribution in [0.1, 0.15) is 67.0 Å². The van der Waals surface area contributed by atoms with Crippen LogP contribution in [0.15, 0.2) is 0 Å². The Kier molecular flexibility index (Phi) is 5.28. The summed E-state index contributed by atoms with van der Waals surface area (Å²) < 4.78 is 2.16. The lowest BCUT2D eigenvalue weighted by Gasteiger charge is -2.26. The number of aryl methyl sites for hydroxylation is 1. The van der Waals surface area contributed by atoms with Crippen molar-refractivity contribution < 1.29 is 0 Å². The number of benzene rings is 2. The second kappa shape index (κ2) is 7.16. The molecule has 3 rings (SSSR count). The van der Waals surface area contributed by atoms with Crippen LogP contribution in [0.2, 0.25) is 0 Å². The van der Waals surface area contributed by atoms with E-state index < -0.39 is 0 Å². The predicted molar refractivity (Wildman–Crippen MR) is 126 cm³/mol. The summed E-state index contributed by atoms with van der Waals surface area (Å²) >= 11 is 0. The van der Waals surface area contributed by atoms with Crippen molar-refractivity contribution in [1.82, 2.24) is 9.78 Å². The molecule has 0 fully saturated rings. The Morgan fingerprint density at radius 3 is 1.10 bits per heavy atom. The predicted octanol–water partition coefficient (Wildman–Crippen LogP) is 7.24. The highest BCUT2D eigenvalue weighted by Crippen LogP contribution is 2.41. The molecule has 0 atom stereocenters. The molecule has 1 heterocycles. The van der Waals surface area contributed by atoms with Gasteiger partial charge in [0.1, 0.15) is 0 Å². The van der Waals surface area contributed by atoms with Crippen LogP contribution in [0.25, 0.3) is 16.8 Å². The van der Waals surface area contributed by atoms with Crippen molar-refractivity contribution in [1.29, 1.82) is 0 Å². The number of hydrogen-bond acceptors (Lipinski definition) is 1. The average molecular weight is 389 g/mol. The molecular weight excluding hydrogens is 352 g/mol. The second-order valence-electron chi connectivity index (χ2n) is 8.93. The van der Waals surface area contributed by atoms with Gasteiger partial charge in [0.25, 0.3) is 0 Å². The number of nitrogens with zero attached hydrogens (tertiary/aromatic N) is 2. The summed E-state index contributed by atoms with van der Waals surface area (Å²) in [6.07, 6.45) is 0. The van der Waals surface area contributed by atoms with Crippen LogP contribution in [-0.2, 0) is 0 Å². The Morgan fingerprint density at radius 1 is 0.414 bits per heavy atom. The second-order valence-corrected chi connectivity index (χ2v) is 8.93. The first-order valence-electron chi connectivity index (χ1n) is 10.6. The number of rotatable bonds is 2. The lowest BCUT2D eigenvalue weighted by molar-refractivity contribution is 0.817. The molecule has 0 saturated heterocycles. The molecule has 0 N–H and O–H groups in total. The Bertz CT molecular complexity index is 1100. The third-order valence-electron chi connectivity index (χ3n) is 7.70. The van der Waals surface area contributed by atoms with Crippen molar-refractivity contribution in [2.24, 2.45) is 0 Å². The molecule has 1 aromatic heterocycles. The minimum Gasteiger partial charge on any atom is -0.237 e. The standard InChI is InChI=1S/C27H36N2/c1-13-14(2)16(4)25(17(5)15(13)3)26-18(6)20(8)27(21(9)19(26)7)29-24(12)22(10)23(11)28-29/h1-12H3. The minimum absolute atomic E-state index is 1.11. The fourth-order valence-electron chi connectivity index (χ4n) is 4.80. The summed E-state index contributed by atoms with van der Waals surface area (Å²) in [5.41, 5.74) is 20.1. The summed E-state index contributed by atoms with van der Waals surface area (Å²) in [6.45, 7) is 26.8. The van der Waals surface area contributed by atoms with Crippen molar-refractivity contribution >= 4 is 0 Å². The van der Waals surface area contributed by atoms with E-state index in [4.69, 9.17) is 5.10 Å². The fraction of sp³-hybridized carbons (Fsp3) is 0.444. The van der Waals surface area contributed by atoms with Crippen LogP contribution in [0.4, 0.5) is 0 Å². The van der Waals surface area contributed by atoms with E-state index in [0.717, 1.165) is 5.69 Å². The van der Waals surface area contributed by atoms with Gasteiger partial charge in [0.2, 0.25) is 0 Å². The lowest BCUT2D eigenvalue weighted by atomic mass is 9.81. The van der Waals surface area contributed by atoms with E-state index in [9.17, 15) is 0 Å². The molecular formula is C27H36N2. The first-order valence-corrected chi connectivity index (χ1v) is 10.6. The normalized spacial score (nSPS) is 11.4. The van der Waals surface area contributed by atoms with Crippen molar-refractivity contribution in [2.75, 3.05) is 0 Å². The average Bonchev–Trinajstić information content (AvgIpc) is 2.93. The van der Waals surface area contributed by atoms with E-state index in [0.29, 0.717) is 0 Å². The summed E-state index contributed by atoms with van der Waals surface area (Å²) in [7, 11) is 0. The molecule has 2 nitrogen and oxygen atoms in total. The van der Waals surface area contributed by atoms with Gasteiger partial charge < -0.3 is 0 Å². The van der Waals surface area contributed by atoms with Crippen LogP contribution in [-0.4, -0.2) is 9.78 Å². The number of aromatic nitrogens is 2. The van der Waals surface area contributed by atoms with E-state index in [1.165, 1.54) is 78.1 Å². The van der Waals surface area contributed by atoms with Crippen molar-refractivity contribution in [3.63, 3.8) is 0 Å². The molecule has 0 spiro atoms. The van der Waals surface area contributed by atoms with E-state index in [1.54, 1.807) is 0 Å². The Balaban J connectivity index is 2.44. The Labute approximate surface area is 177 Å². The molecule has 2 aromatic carbocycles. The van der Waals surface area contributed by atoms with E-state index in [-0.39, 0.29) is 0 Å². The first-order chi connectivity index (χ1) is 13.4. The Morgan fingerprint density at radius 2 is 0.759 bits per heavy atom. The monoisotopic (exact) mass is 388 g/mol. The van der Waals surface area contributed by atoms with Gasteiger partial charge >= 0.3 is 0 Å². The molecule has 0 aliphatic heterocycles. The summed E-state index contributed by atoms with van der Waals surface area (Å²) in [6, 6.07) is 0. The molecule has 0 aliphatic rings. The van der Waals surface area contributed by atoms with Gasteiger partial charge in [-0.3, -0.25) is 0 Å². The van der Waals surface area contributed by atoms with Gasteiger partial charge in [-0.15, -0.1) is 0 Å². The van der Waals surface area contributed by atoms with Gasteiger partial charge in [0.15, 0.2) is 0 Å². The number of hydrogen-bond donors (Lipinski definition) is 0. The summed E-state index contributed by atoms with van der Waals surface area (Å²) in [5, 5.41) is 4.88. The lowest BCUT2D eigenvalue weighted by Crippen LogP contribution is -2.10. The van der Waals surface area contributed by atoms with Gasteiger partial charge in [0.05, 0.1) is 11.4 Å². The van der Waals surface area contributed by atoms with E-state index in [2.05, 4.69) is 87.8 Å².